The Morgan fingerprint density at radius 1 is 0.793 bits per heavy atom. The Labute approximate surface area is 202 Å². The third-order valence-corrected chi connectivity index (χ3v) is 4.45. The van der Waals surface area contributed by atoms with Gasteiger partial charge in [-0.1, -0.05) is 13.3 Å². The second kappa shape index (κ2) is 13.7. The van der Waals surface area contributed by atoms with Crippen LogP contribution in [0.25, 0.3) is 11.1 Å². The zero-order valence-electron chi connectivity index (χ0n) is 15.7. The predicted octanol–water partition coefficient (Wildman–Crippen LogP) is -3.62. The number of para-hydroxylation sites is 2. The van der Waals surface area contributed by atoms with E-state index in [0.717, 1.165) is 29.7 Å². The van der Waals surface area contributed by atoms with Gasteiger partial charge in [0.15, 0.2) is 0 Å². The predicted molar refractivity (Wildman–Crippen MR) is 97.9 cm³/mol. The first-order valence-electron chi connectivity index (χ1n) is 8.56. The van der Waals surface area contributed by atoms with Crippen molar-refractivity contribution in [3.8, 4) is 22.6 Å². The maximum absolute atomic E-state index is 12.6. The zero-order valence-corrected chi connectivity index (χ0v) is 19.5. The van der Waals surface area contributed by atoms with E-state index in [2.05, 4.69) is 6.92 Å². The molecule has 0 fully saturated rings. The zero-order chi connectivity index (χ0) is 18.4. The van der Waals surface area contributed by atoms with E-state index in [4.69, 9.17) is 8.06 Å². The first-order valence-corrected chi connectivity index (χ1v) is 9.19. The van der Waals surface area contributed by atoms with Crippen LogP contribution in [0.4, 0.5) is 0 Å². The molecule has 3 aromatic rings. The third kappa shape index (κ3) is 7.06. The molecule has 0 atom stereocenters. The average molecular weight is 486 g/mol. The fraction of sp³-hybridized carbons (Fsp3) is 0.136. The Balaban J connectivity index is 0.00000261. The number of hydrogen-bond acceptors (Lipinski definition) is 3. The molecule has 3 rings (SSSR count). The van der Waals surface area contributed by atoms with Crippen molar-refractivity contribution in [2.24, 2.45) is 0 Å². The number of carbonyl (C=O) groups is 1. The van der Waals surface area contributed by atoms with Crippen LogP contribution in [-0.4, -0.2) is 5.97 Å². The summed E-state index contributed by atoms with van der Waals surface area (Å²) in [4.78, 5) is 12.6. The minimum atomic E-state index is -0.365. The van der Waals surface area contributed by atoms with Crippen molar-refractivity contribution in [1.82, 2.24) is 0 Å². The Kier molecular flexibility index (Phi) is 13.0. The van der Waals surface area contributed by atoms with E-state index < -0.39 is 0 Å². The number of benzene rings is 3. The van der Waals surface area contributed by atoms with E-state index in [1.165, 1.54) is 5.56 Å². The molecule has 0 unspecified atom stereocenters. The topological polar surface area (TPSA) is 35.5 Å². The molecule has 0 aliphatic rings. The molecule has 150 valence electrons. The van der Waals surface area contributed by atoms with Crippen molar-refractivity contribution in [3.05, 3.63) is 83.9 Å². The van der Waals surface area contributed by atoms with Crippen LogP contribution in [0, 0.1) is 0 Å². The van der Waals surface area contributed by atoms with Crippen LogP contribution >= 0.6 is 0 Å². The number of carbonyl (C=O) groups excluding carboxylic acids is 1. The molecular weight excluding hydrogens is 466 g/mol. The van der Waals surface area contributed by atoms with E-state index in [0.29, 0.717) is 11.3 Å². The average Bonchev–Trinajstić information content (AvgIpc) is 2.69. The smallest absolute Gasteiger partial charge is 1.00 e. The number of hydrogen-bond donors (Lipinski definition) is 0. The summed E-state index contributed by atoms with van der Waals surface area (Å²) in [6, 6.07) is 22.8. The molecule has 0 saturated carbocycles. The normalized spacial score (nSPS) is 9.34. The van der Waals surface area contributed by atoms with Crippen molar-refractivity contribution in [1.29, 1.82) is 0 Å². The maximum Gasteiger partial charge on any atom is -1.00 e. The van der Waals surface area contributed by atoms with Gasteiger partial charge in [-0.05, 0) is 0 Å². The molecule has 7 heteroatoms. The summed E-state index contributed by atoms with van der Waals surface area (Å²) in [7, 11) is 0. The van der Waals surface area contributed by atoms with Crippen LogP contribution in [0.3, 0.4) is 0 Å². The van der Waals surface area contributed by atoms with Gasteiger partial charge in [-0.3, -0.25) is 0 Å². The molecule has 0 N–H and O–H groups in total. The van der Waals surface area contributed by atoms with Gasteiger partial charge in [-0.2, -0.15) is 0 Å². The van der Waals surface area contributed by atoms with Crippen molar-refractivity contribution in [2.75, 3.05) is 0 Å². The number of esters is 1. The molecule has 0 radical (unpaired) electrons. The van der Waals surface area contributed by atoms with Gasteiger partial charge in [0, 0.05) is 0 Å². The third-order valence-electron chi connectivity index (χ3n) is 4.11. The molecule has 0 aromatic heterocycles. The van der Waals surface area contributed by atoms with Crippen molar-refractivity contribution in [3.63, 3.8) is 0 Å². The second-order valence-corrected chi connectivity index (χ2v) is 6.25. The van der Waals surface area contributed by atoms with Crippen molar-refractivity contribution < 1.29 is 70.9 Å². The largest absolute Gasteiger partial charge is 1.00 e. The van der Waals surface area contributed by atoms with E-state index >= 15 is 0 Å². The molecule has 0 heterocycles. The second-order valence-electron chi connectivity index (χ2n) is 5.93. The van der Waals surface area contributed by atoms with Gasteiger partial charge in [0.25, 0.3) is 0 Å². The molecule has 0 bridgehead atoms. The van der Waals surface area contributed by atoms with E-state index in [1.807, 2.05) is 66.7 Å². The van der Waals surface area contributed by atoms with Crippen LogP contribution in [0.15, 0.2) is 72.8 Å². The van der Waals surface area contributed by atoms with Crippen molar-refractivity contribution >= 4 is 5.97 Å². The van der Waals surface area contributed by atoms with Gasteiger partial charge in [0.1, 0.15) is 0 Å². The van der Waals surface area contributed by atoms with E-state index in [-0.39, 0.29) is 43.2 Å². The summed E-state index contributed by atoms with van der Waals surface area (Å²) < 4.78 is 11.1. The Morgan fingerprint density at radius 2 is 1.31 bits per heavy atom. The molecule has 0 amide bonds. The summed E-state index contributed by atoms with van der Waals surface area (Å²) in [6.07, 6.45) is 2.09. The van der Waals surface area contributed by atoms with Gasteiger partial charge in [0.05, 0.1) is 0 Å². The van der Waals surface area contributed by atoms with Crippen LogP contribution in [0.1, 0.15) is 29.3 Å². The van der Waals surface area contributed by atoms with Gasteiger partial charge in [-0.15, -0.1) is 0 Å². The standard InChI is InChI=1S/C22H20O3.3ClH.Ti/c1-2-7-16-12-14-17(15-13-16)22(24)25-21-11-6-4-9-19(21)18-8-3-5-10-20(18)23;;;;/h3-6,8-15,23H,2,7H2,1H3;3*1H;/q;;;;+4/p-4. The summed E-state index contributed by atoms with van der Waals surface area (Å²) in [5.41, 5.74) is 3.47. The molecule has 0 aliphatic carbocycles. The monoisotopic (exact) mass is 484 g/mol. The fourth-order valence-electron chi connectivity index (χ4n) is 2.81. The molecule has 3 nitrogen and oxygen atoms in total. The van der Waals surface area contributed by atoms with Crippen LogP contribution in [0.2, 0.25) is 0 Å². The quantitative estimate of drug-likeness (QED) is 0.206. The van der Waals surface area contributed by atoms with Crippen LogP contribution < -0.4 is 45.3 Å². The van der Waals surface area contributed by atoms with Gasteiger partial charge in [0.2, 0.25) is 0 Å². The maximum atomic E-state index is 12.6. The Hall–Kier alpha value is -1.49. The Bertz CT molecular complexity index is 902. The molecular formula is C22H19Cl3O3Ti. The molecule has 0 spiro atoms. The van der Waals surface area contributed by atoms with Crippen molar-refractivity contribution in [2.45, 2.75) is 19.8 Å². The van der Waals surface area contributed by atoms with Gasteiger partial charge >= 0.3 is 153 Å². The summed E-state index contributed by atoms with van der Waals surface area (Å²) in [5, 5.41) is 0. The Morgan fingerprint density at radius 3 is 1.86 bits per heavy atom. The van der Waals surface area contributed by atoms with E-state index in [1.54, 1.807) is 26.9 Å². The SMILES string of the molecule is CCCc1ccc(C(=O)Oc2ccccc2-c2ccccc2[O][Ti+3])cc1.[Cl-].[Cl-].[Cl-]. The minimum Gasteiger partial charge on any atom is -1.00 e. The number of halogens is 3. The molecule has 3 aromatic carbocycles. The minimum absolute atomic E-state index is 0. The van der Waals surface area contributed by atoms with Crippen LogP contribution in [-0.2, 0) is 27.2 Å². The van der Waals surface area contributed by atoms with Crippen LogP contribution in [0.5, 0.6) is 11.5 Å². The number of aryl methyl sites for hydroxylation is 1. The summed E-state index contributed by atoms with van der Waals surface area (Å²) in [5.74, 6) is 0.884. The number of ether oxygens (including phenoxy) is 1. The molecule has 0 saturated heterocycles. The fourth-order valence-corrected chi connectivity index (χ4v) is 3.09. The van der Waals surface area contributed by atoms with Gasteiger partial charge < -0.3 is 37.2 Å². The summed E-state index contributed by atoms with van der Waals surface area (Å²) >= 11 is 1.63. The number of rotatable bonds is 6. The first-order chi connectivity index (χ1) is 12.7. The molecule has 0 aliphatic heterocycles. The summed E-state index contributed by atoms with van der Waals surface area (Å²) in [6.45, 7) is 2.14. The molecule has 29 heavy (non-hydrogen) atoms. The van der Waals surface area contributed by atoms with Gasteiger partial charge in [-0.25, -0.2) is 0 Å². The first kappa shape index (κ1) is 27.5. The van der Waals surface area contributed by atoms with E-state index in [9.17, 15) is 4.79 Å².